The van der Waals surface area contributed by atoms with Gasteiger partial charge in [0.2, 0.25) is 0 Å². The predicted molar refractivity (Wildman–Crippen MR) is 89.9 cm³/mol. The van der Waals surface area contributed by atoms with Crippen molar-refractivity contribution in [3.63, 3.8) is 0 Å². The quantitative estimate of drug-likeness (QED) is 0.621. The van der Waals surface area contributed by atoms with Crippen LogP contribution in [0.4, 0.5) is 5.82 Å². The van der Waals surface area contributed by atoms with Crippen molar-refractivity contribution in [3.05, 3.63) is 30.0 Å². The minimum atomic E-state index is 0.0355. The minimum absolute atomic E-state index is 0.0355. The molecular weight excluding hydrogens is 312 g/mol. The first-order valence-corrected chi connectivity index (χ1v) is 8.71. The highest BCUT2D eigenvalue weighted by Gasteiger charge is 2.24. The van der Waals surface area contributed by atoms with Gasteiger partial charge >= 0.3 is 0 Å². The van der Waals surface area contributed by atoms with Gasteiger partial charge in [-0.15, -0.1) is 0 Å². The Morgan fingerprint density at radius 1 is 1.22 bits per heavy atom. The third-order valence-electron chi connectivity index (χ3n) is 3.93. The molecule has 0 aliphatic carbocycles. The summed E-state index contributed by atoms with van der Waals surface area (Å²) in [5.74, 6) is 0.975. The second-order valence-electron chi connectivity index (χ2n) is 5.52. The highest BCUT2D eigenvalue weighted by molar-refractivity contribution is 7.98. The van der Waals surface area contributed by atoms with E-state index in [0.29, 0.717) is 18.8 Å². The number of imidazole rings is 1. The Labute approximate surface area is 139 Å². The van der Waals surface area contributed by atoms with E-state index in [1.54, 1.807) is 28.9 Å². The number of aromatic nitrogens is 4. The number of thioether (sulfide) groups is 1. The standard InChI is InChI=1S/C15H20N6OS/c1-11-8-13(18-15(17-11)23-3)20-4-6-21(7-5-20)14(22)12-9-16-10-19(12)2/h8-10H,4-7H2,1-3H3. The van der Waals surface area contributed by atoms with E-state index in [4.69, 9.17) is 0 Å². The summed E-state index contributed by atoms with van der Waals surface area (Å²) < 4.78 is 1.76. The van der Waals surface area contributed by atoms with Gasteiger partial charge in [-0.05, 0) is 13.2 Å². The van der Waals surface area contributed by atoms with E-state index in [1.807, 2.05) is 31.2 Å². The number of aryl methyl sites for hydroxylation is 2. The van der Waals surface area contributed by atoms with Gasteiger partial charge in [0.25, 0.3) is 5.91 Å². The zero-order valence-corrected chi connectivity index (χ0v) is 14.4. The van der Waals surface area contributed by atoms with Crippen molar-refractivity contribution < 1.29 is 4.79 Å². The summed E-state index contributed by atoms with van der Waals surface area (Å²) in [5.41, 5.74) is 1.59. The fraction of sp³-hybridized carbons (Fsp3) is 0.467. The van der Waals surface area contributed by atoms with Crippen LogP contribution in [0.5, 0.6) is 0 Å². The fourth-order valence-electron chi connectivity index (χ4n) is 2.64. The molecule has 7 nitrogen and oxygen atoms in total. The lowest BCUT2D eigenvalue weighted by molar-refractivity contribution is 0.0737. The summed E-state index contributed by atoms with van der Waals surface area (Å²) in [6, 6.07) is 2.00. The molecule has 2 aromatic rings. The van der Waals surface area contributed by atoms with Gasteiger partial charge in [0.05, 0.1) is 12.5 Å². The topological polar surface area (TPSA) is 67.2 Å². The molecule has 0 atom stereocenters. The van der Waals surface area contributed by atoms with Crippen LogP contribution in [-0.2, 0) is 7.05 Å². The van der Waals surface area contributed by atoms with Gasteiger partial charge in [0.15, 0.2) is 5.16 Å². The van der Waals surface area contributed by atoms with Gasteiger partial charge in [-0.25, -0.2) is 15.0 Å². The van der Waals surface area contributed by atoms with Gasteiger partial charge < -0.3 is 14.4 Å². The van der Waals surface area contributed by atoms with Crippen LogP contribution in [0.15, 0.2) is 23.7 Å². The summed E-state index contributed by atoms with van der Waals surface area (Å²) in [6.45, 7) is 4.89. The molecule has 0 N–H and O–H groups in total. The molecule has 23 heavy (non-hydrogen) atoms. The molecule has 1 amide bonds. The zero-order chi connectivity index (χ0) is 16.4. The molecular formula is C15H20N6OS. The SMILES string of the molecule is CSc1nc(C)cc(N2CCN(C(=O)c3cncn3C)CC2)n1. The predicted octanol–water partition coefficient (Wildman–Crippen LogP) is 1.20. The maximum absolute atomic E-state index is 12.5. The Morgan fingerprint density at radius 3 is 2.57 bits per heavy atom. The van der Waals surface area contributed by atoms with Crippen LogP contribution >= 0.6 is 11.8 Å². The Morgan fingerprint density at radius 2 is 1.96 bits per heavy atom. The van der Waals surface area contributed by atoms with E-state index in [9.17, 15) is 4.79 Å². The first-order valence-electron chi connectivity index (χ1n) is 7.48. The fourth-order valence-corrected chi connectivity index (χ4v) is 3.06. The van der Waals surface area contributed by atoms with E-state index in [-0.39, 0.29) is 5.91 Å². The van der Waals surface area contributed by atoms with E-state index in [0.717, 1.165) is 29.8 Å². The number of piperazine rings is 1. The van der Waals surface area contributed by atoms with Crippen LogP contribution in [0.25, 0.3) is 0 Å². The van der Waals surface area contributed by atoms with E-state index >= 15 is 0 Å². The number of rotatable bonds is 3. The zero-order valence-electron chi connectivity index (χ0n) is 13.6. The van der Waals surface area contributed by atoms with Crippen molar-refractivity contribution in [1.82, 2.24) is 24.4 Å². The van der Waals surface area contributed by atoms with E-state index in [1.165, 1.54) is 0 Å². The molecule has 0 aromatic carbocycles. The van der Waals surface area contributed by atoms with E-state index < -0.39 is 0 Å². The van der Waals surface area contributed by atoms with Crippen molar-refractivity contribution in [3.8, 4) is 0 Å². The highest BCUT2D eigenvalue weighted by Crippen LogP contribution is 2.19. The molecule has 3 heterocycles. The second kappa shape index (κ2) is 6.57. The molecule has 122 valence electrons. The Balaban J connectivity index is 1.68. The molecule has 1 aliphatic rings. The van der Waals surface area contributed by atoms with Gasteiger partial charge in [0, 0.05) is 45.0 Å². The largest absolute Gasteiger partial charge is 0.353 e. The molecule has 1 aliphatic heterocycles. The molecule has 3 rings (SSSR count). The number of carbonyl (C=O) groups is 1. The second-order valence-corrected chi connectivity index (χ2v) is 6.30. The number of anilines is 1. The Hall–Kier alpha value is -2.09. The molecule has 0 spiro atoms. The molecule has 0 bridgehead atoms. The minimum Gasteiger partial charge on any atom is -0.353 e. The number of amides is 1. The maximum Gasteiger partial charge on any atom is 0.272 e. The molecule has 0 radical (unpaired) electrons. The number of hydrogen-bond donors (Lipinski definition) is 0. The third kappa shape index (κ3) is 3.31. The summed E-state index contributed by atoms with van der Waals surface area (Å²) in [6.07, 6.45) is 5.24. The van der Waals surface area contributed by atoms with Crippen molar-refractivity contribution in [2.75, 3.05) is 37.3 Å². The monoisotopic (exact) mass is 332 g/mol. The lowest BCUT2D eigenvalue weighted by atomic mass is 10.2. The van der Waals surface area contributed by atoms with Crippen LogP contribution < -0.4 is 4.90 Å². The van der Waals surface area contributed by atoms with Crippen LogP contribution in [0.2, 0.25) is 0 Å². The molecule has 0 saturated carbocycles. The van der Waals surface area contributed by atoms with Crippen molar-refractivity contribution >= 4 is 23.5 Å². The number of nitrogens with zero attached hydrogens (tertiary/aromatic N) is 6. The summed E-state index contributed by atoms with van der Waals surface area (Å²) in [5, 5.41) is 0.786. The first kappa shape index (κ1) is 15.8. The first-order chi connectivity index (χ1) is 11.1. The average molecular weight is 332 g/mol. The van der Waals surface area contributed by atoms with Gasteiger partial charge in [-0.3, -0.25) is 4.79 Å². The Kier molecular flexibility index (Phi) is 4.51. The van der Waals surface area contributed by atoms with Crippen molar-refractivity contribution in [2.45, 2.75) is 12.1 Å². The van der Waals surface area contributed by atoms with Gasteiger partial charge in [-0.1, -0.05) is 11.8 Å². The molecule has 0 unspecified atom stereocenters. The summed E-state index contributed by atoms with van der Waals surface area (Å²) in [4.78, 5) is 29.5. The summed E-state index contributed by atoms with van der Waals surface area (Å²) in [7, 11) is 1.84. The lowest BCUT2D eigenvalue weighted by Crippen LogP contribution is -2.49. The van der Waals surface area contributed by atoms with Crippen molar-refractivity contribution in [1.29, 1.82) is 0 Å². The van der Waals surface area contributed by atoms with Crippen LogP contribution in [-0.4, -0.2) is 62.8 Å². The van der Waals surface area contributed by atoms with Crippen LogP contribution in [0, 0.1) is 6.92 Å². The van der Waals surface area contributed by atoms with Crippen LogP contribution in [0.3, 0.4) is 0 Å². The normalized spacial score (nSPS) is 15.1. The highest BCUT2D eigenvalue weighted by atomic mass is 32.2. The molecule has 1 fully saturated rings. The van der Waals surface area contributed by atoms with Crippen molar-refractivity contribution in [2.24, 2.45) is 7.05 Å². The maximum atomic E-state index is 12.5. The van der Waals surface area contributed by atoms with Gasteiger partial charge in [0.1, 0.15) is 11.5 Å². The molecule has 2 aromatic heterocycles. The average Bonchev–Trinajstić information content (AvgIpc) is 2.99. The lowest BCUT2D eigenvalue weighted by Gasteiger charge is -2.35. The van der Waals surface area contributed by atoms with Crippen LogP contribution in [0.1, 0.15) is 16.2 Å². The van der Waals surface area contributed by atoms with Gasteiger partial charge in [-0.2, -0.15) is 0 Å². The third-order valence-corrected chi connectivity index (χ3v) is 4.48. The molecule has 1 saturated heterocycles. The number of hydrogen-bond acceptors (Lipinski definition) is 6. The smallest absolute Gasteiger partial charge is 0.272 e. The van der Waals surface area contributed by atoms with E-state index in [2.05, 4.69) is 19.9 Å². The Bertz CT molecular complexity index is 708. The molecule has 8 heteroatoms. The number of carbonyl (C=O) groups excluding carboxylic acids is 1. The summed E-state index contributed by atoms with van der Waals surface area (Å²) >= 11 is 1.54.